The van der Waals surface area contributed by atoms with E-state index in [-0.39, 0.29) is 0 Å². The summed E-state index contributed by atoms with van der Waals surface area (Å²) in [4.78, 5) is 0. The molecular weight excluding hydrogens is 328 g/mol. The van der Waals surface area contributed by atoms with Gasteiger partial charge in [-0.25, -0.2) is 0 Å². The molecule has 0 aliphatic carbocycles. The maximum atomic E-state index is 10.6. The van der Waals surface area contributed by atoms with Crippen molar-refractivity contribution in [1.82, 2.24) is 0 Å². The molecular formula is C26H46O. The molecule has 0 saturated carbocycles. The van der Waals surface area contributed by atoms with Crippen LogP contribution in [0.15, 0.2) is 24.3 Å². The van der Waals surface area contributed by atoms with Crippen LogP contribution in [-0.4, -0.2) is 5.11 Å². The Morgan fingerprint density at radius 2 is 1.48 bits per heavy atom. The van der Waals surface area contributed by atoms with Crippen molar-refractivity contribution in [1.29, 1.82) is 0 Å². The fourth-order valence-corrected chi connectivity index (χ4v) is 4.03. The van der Waals surface area contributed by atoms with Gasteiger partial charge in [-0.05, 0) is 59.5 Å². The highest BCUT2D eigenvalue weighted by atomic mass is 16.3. The Hall–Kier alpha value is -0.980. The first-order chi connectivity index (χ1) is 12.5. The lowest BCUT2D eigenvalue weighted by Gasteiger charge is -2.37. The molecule has 0 fully saturated rings. The molecule has 3 unspecified atom stereocenters. The highest BCUT2D eigenvalue weighted by molar-refractivity contribution is 5.35. The first-order valence-electron chi connectivity index (χ1n) is 11.2. The van der Waals surface area contributed by atoms with E-state index in [9.17, 15) is 5.11 Å². The van der Waals surface area contributed by atoms with Crippen LogP contribution >= 0.6 is 0 Å². The Kier molecular flexibility index (Phi) is 9.39. The van der Waals surface area contributed by atoms with Gasteiger partial charge in [0.2, 0.25) is 0 Å². The predicted molar refractivity (Wildman–Crippen MR) is 120 cm³/mol. The van der Waals surface area contributed by atoms with Crippen LogP contribution in [0.25, 0.3) is 0 Å². The first kappa shape index (κ1) is 24.1. The molecule has 1 rings (SSSR count). The monoisotopic (exact) mass is 374 g/mol. The molecule has 1 heteroatoms. The molecule has 3 atom stereocenters. The van der Waals surface area contributed by atoms with Crippen LogP contribution in [0.2, 0.25) is 0 Å². The molecule has 1 nitrogen and oxygen atoms in total. The summed E-state index contributed by atoms with van der Waals surface area (Å²) in [6.45, 7) is 18.9. The van der Waals surface area contributed by atoms with Gasteiger partial charge in [-0.15, -0.1) is 0 Å². The van der Waals surface area contributed by atoms with E-state index >= 15 is 0 Å². The lowest BCUT2D eigenvalue weighted by molar-refractivity contribution is 0.169. The van der Waals surface area contributed by atoms with E-state index in [2.05, 4.69) is 67.5 Å². The highest BCUT2D eigenvalue weighted by Crippen LogP contribution is 2.44. The fraction of sp³-hybridized carbons (Fsp3) is 0.769. The Balaban J connectivity index is 3.03. The maximum Gasteiger partial charge on any atom is 0.119 e. The highest BCUT2D eigenvalue weighted by Gasteiger charge is 2.31. The van der Waals surface area contributed by atoms with Crippen molar-refractivity contribution < 1.29 is 5.11 Å². The number of benzene rings is 1. The molecule has 0 amide bonds. The molecule has 0 spiro atoms. The van der Waals surface area contributed by atoms with Crippen LogP contribution in [0.4, 0.5) is 0 Å². The van der Waals surface area contributed by atoms with Crippen LogP contribution < -0.4 is 0 Å². The molecule has 1 aromatic carbocycles. The predicted octanol–water partition coefficient (Wildman–Crippen LogP) is 8.57. The summed E-state index contributed by atoms with van der Waals surface area (Å²) in [6, 6.07) is 8.02. The minimum absolute atomic E-state index is 0.293. The molecule has 156 valence electrons. The van der Waals surface area contributed by atoms with Gasteiger partial charge in [0.05, 0.1) is 0 Å². The summed E-state index contributed by atoms with van der Waals surface area (Å²) in [6.07, 6.45) is 8.94. The van der Waals surface area contributed by atoms with Gasteiger partial charge in [0, 0.05) is 0 Å². The second kappa shape index (κ2) is 10.5. The number of hydrogen-bond donors (Lipinski definition) is 1. The average molecular weight is 375 g/mol. The number of aromatic hydroxyl groups is 1. The molecule has 1 aromatic rings. The van der Waals surface area contributed by atoms with E-state index in [1.54, 1.807) is 0 Å². The molecule has 0 saturated heterocycles. The van der Waals surface area contributed by atoms with Gasteiger partial charge in [-0.3, -0.25) is 0 Å². The number of hydrogen-bond acceptors (Lipinski definition) is 1. The molecule has 1 N–H and O–H groups in total. The lowest BCUT2D eigenvalue weighted by Crippen LogP contribution is -2.26. The van der Waals surface area contributed by atoms with Gasteiger partial charge < -0.3 is 5.11 Å². The summed E-state index contributed by atoms with van der Waals surface area (Å²) >= 11 is 0. The smallest absolute Gasteiger partial charge is 0.119 e. The van der Waals surface area contributed by atoms with Gasteiger partial charge in [-0.1, -0.05) is 99.3 Å². The number of phenolic OH excluding ortho intramolecular Hbond substituents is 1. The van der Waals surface area contributed by atoms with Gasteiger partial charge in [0.25, 0.3) is 0 Å². The minimum Gasteiger partial charge on any atom is -0.508 e. The number of rotatable bonds is 10. The Morgan fingerprint density at radius 3 is 2.00 bits per heavy atom. The van der Waals surface area contributed by atoms with E-state index < -0.39 is 0 Å². The van der Waals surface area contributed by atoms with Gasteiger partial charge in [0.15, 0.2) is 0 Å². The summed E-state index contributed by atoms with van der Waals surface area (Å²) in [5.41, 5.74) is 1.75. The van der Waals surface area contributed by atoms with E-state index in [1.807, 2.05) is 12.1 Å². The van der Waals surface area contributed by atoms with Crippen molar-refractivity contribution in [3.8, 4) is 5.75 Å². The number of phenols is 1. The standard InChI is InChI=1S/C26H46O/c1-9-10-11-12-15-22(26(6,7)8)19-21(18-20(2)25(3,4)5)23-16-13-14-17-24(23)27/h13-14,16-17,20-22,27H,9-12,15,18-19H2,1-8H3. The average Bonchev–Trinajstić information content (AvgIpc) is 2.55. The van der Waals surface area contributed by atoms with Crippen LogP contribution in [-0.2, 0) is 0 Å². The third kappa shape index (κ3) is 8.28. The van der Waals surface area contributed by atoms with Gasteiger partial charge >= 0.3 is 0 Å². The SMILES string of the molecule is CCCCCCC(CC(CC(C)C(C)(C)C)c1ccccc1O)C(C)(C)C. The molecule has 0 bridgehead atoms. The van der Waals surface area contributed by atoms with Crippen LogP contribution in [0, 0.1) is 22.7 Å². The fourth-order valence-electron chi connectivity index (χ4n) is 4.03. The van der Waals surface area contributed by atoms with E-state index in [0.717, 1.165) is 12.0 Å². The summed E-state index contributed by atoms with van der Waals surface area (Å²) in [7, 11) is 0. The number of para-hydroxylation sites is 1. The van der Waals surface area contributed by atoms with Gasteiger partial charge in [-0.2, -0.15) is 0 Å². The van der Waals surface area contributed by atoms with Crippen molar-refractivity contribution in [2.45, 2.75) is 106 Å². The Bertz CT molecular complexity index is 532. The van der Waals surface area contributed by atoms with E-state index in [4.69, 9.17) is 0 Å². The largest absolute Gasteiger partial charge is 0.508 e. The van der Waals surface area contributed by atoms with E-state index in [0.29, 0.717) is 34.3 Å². The van der Waals surface area contributed by atoms with Crippen LogP contribution in [0.3, 0.4) is 0 Å². The van der Waals surface area contributed by atoms with Crippen molar-refractivity contribution in [3.63, 3.8) is 0 Å². The summed E-state index contributed by atoms with van der Waals surface area (Å²) < 4.78 is 0. The second-order valence-corrected chi connectivity index (χ2v) is 10.9. The molecule has 0 aromatic heterocycles. The zero-order valence-corrected chi connectivity index (χ0v) is 19.4. The van der Waals surface area contributed by atoms with E-state index in [1.165, 1.54) is 38.5 Å². The molecule has 0 aliphatic rings. The van der Waals surface area contributed by atoms with Crippen molar-refractivity contribution >= 4 is 0 Å². The van der Waals surface area contributed by atoms with Crippen molar-refractivity contribution in [2.75, 3.05) is 0 Å². The molecule has 27 heavy (non-hydrogen) atoms. The molecule has 0 radical (unpaired) electrons. The van der Waals surface area contributed by atoms with Crippen molar-refractivity contribution in [3.05, 3.63) is 29.8 Å². The second-order valence-electron chi connectivity index (χ2n) is 10.9. The third-order valence-corrected chi connectivity index (χ3v) is 6.69. The third-order valence-electron chi connectivity index (χ3n) is 6.69. The quantitative estimate of drug-likeness (QED) is 0.406. The Labute approximate surface area is 170 Å². The summed E-state index contributed by atoms with van der Waals surface area (Å²) in [5, 5.41) is 10.6. The van der Waals surface area contributed by atoms with Gasteiger partial charge in [0.1, 0.15) is 5.75 Å². The zero-order chi connectivity index (χ0) is 20.7. The van der Waals surface area contributed by atoms with Crippen molar-refractivity contribution in [2.24, 2.45) is 22.7 Å². The minimum atomic E-state index is 0.293. The zero-order valence-electron chi connectivity index (χ0n) is 19.4. The maximum absolute atomic E-state index is 10.6. The van der Waals surface area contributed by atoms with Crippen LogP contribution in [0.5, 0.6) is 5.75 Å². The topological polar surface area (TPSA) is 20.2 Å². The molecule has 0 heterocycles. The first-order valence-corrected chi connectivity index (χ1v) is 11.2. The normalized spacial score (nSPS) is 16.1. The molecule has 0 aliphatic heterocycles. The summed E-state index contributed by atoms with van der Waals surface area (Å²) in [5.74, 6) is 2.20. The number of unbranched alkanes of at least 4 members (excludes halogenated alkanes) is 3. The Morgan fingerprint density at radius 1 is 0.852 bits per heavy atom. The van der Waals surface area contributed by atoms with Crippen LogP contribution in [0.1, 0.15) is 112 Å². The lowest BCUT2D eigenvalue weighted by atomic mass is 9.68.